The lowest BCUT2D eigenvalue weighted by molar-refractivity contribution is -0.382. The quantitative estimate of drug-likeness (QED) is 0.146. The molecular weight excluding hydrogens is 693 g/mol. The fourth-order valence-corrected chi connectivity index (χ4v) is 5.05. The van der Waals surface area contributed by atoms with E-state index in [1.807, 2.05) is 30.3 Å². The van der Waals surface area contributed by atoms with Crippen molar-refractivity contribution in [2.24, 2.45) is 0 Å². The van der Waals surface area contributed by atoms with Crippen LogP contribution < -0.4 is 14.9 Å². The Bertz CT molecular complexity index is 1700. The van der Waals surface area contributed by atoms with Crippen molar-refractivity contribution in [3.63, 3.8) is 0 Å². The summed E-state index contributed by atoms with van der Waals surface area (Å²) in [7, 11) is -7.40. The average molecular weight is 718 g/mol. The smallest absolute Gasteiger partial charge is 0.491 e. The van der Waals surface area contributed by atoms with Gasteiger partial charge < -0.3 is 23.7 Å². The first-order valence-electron chi connectivity index (χ1n) is 13.5. The zero-order valence-electron chi connectivity index (χ0n) is 24.5. The number of allylic oxidation sites excluding steroid dienone is 1. The minimum atomic E-state index is -7.35. The van der Waals surface area contributed by atoms with Crippen molar-refractivity contribution in [2.45, 2.75) is 49.1 Å². The number of hydrogen-bond acceptors (Lipinski definition) is 7. The highest BCUT2D eigenvalue weighted by atomic mass is 32.2. The van der Waals surface area contributed by atoms with Gasteiger partial charge in [-0.05, 0) is 53.8 Å². The number of fused-ring (bicyclic) bond motifs is 1. The first kappa shape index (κ1) is 38.5. The molecule has 0 saturated carbocycles. The summed E-state index contributed by atoms with van der Waals surface area (Å²) in [6.45, 7) is 0.335. The maximum Gasteiger partial charge on any atom is 0.491 e. The van der Waals surface area contributed by atoms with E-state index < -0.39 is 58.5 Å². The van der Waals surface area contributed by atoms with Gasteiger partial charge >= 0.3 is 40.5 Å². The second kappa shape index (κ2) is 14.7. The van der Waals surface area contributed by atoms with Crippen LogP contribution in [0.15, 0.2) is 72.5 Å². The van der Waals surface area contributed by atoms with E-state index in [0.717, 1.165) is 17.7 Å². The number of hydrogen-bond donors (Lipinski definition) is 2. The fraction of sp³-hybridized carbons (Fsp3) is 0.310. The molecule has 7 nitrogen and oxygen atoms in total. The molecule has 2 N–H and O–H groups in total. The Hall–Kier alpha value is -3.97. The minimum absolute atomic E-state index is 0.0716. The molecule has 0 spiro atoms. The Morgan fingerprint density at radius 1 is 0.812 bits per heavy atom. The van der Waals surface area contributed by atoms with Crippen molar-refractivity contribution in [2.75, 3.05) is 7.11 Å². The van der Waals surface area contributed by atoms with Gasteiger partial charge in [0.15, 0.2) is 0 Å². The highest BCUT2D eigenvalue weighted by Crippen LogP contribution is 2.55. The third kappa shape index (κ3) is 8.36. The number of alkyl halides is 9. The van der Waals surface area contributed by atoms with Gasteiger partial charge in [0.2, 0.25) is 0 Å². The van der Waals surface area contributed by atoms with Gasteiger partial charge in [-0.2, -0.15) is 47.9 Å². The fourth-order valence-electron chi connectivity index (χ4n) is 4.09. The second-order valence-corrected chi connectivity index (χ2v) is 11.6. The number of benzene rings is 3. The van der Waals surface area contributed by atoms with Gasteiger partial charge in [-0.15, -0.1) is 0 Å². The number of ether oxygens (including phenoxy) is 2. The van der Waals surface area contributed by atoms with E-state index in [1.54, 1.807) is 0 Å². The van der Waals surface area contributed by atoms with E-state index in [9.17, 15) is 52.3 Å². The number of rotatable bonds is 10. The van der Waals surface area contributed by atoms with Gasteiger partial charge in [0, 0.05) is 17.9 Å². The Balaban J connectivity index is 0.000000294. The minimum Gasteiger partial charge on any atom is -0.497 e. The van der Waals surface area contributed by atoms with Crippen molar-refractivity contribution < 1.29 is 76.0 Å². The van der Waals surface area contributed by atoms with Crippen LogP contribution in [0.4, 0.5) is 43.9 Å². The monoisotopic (exact) mass is 718 g/mol. The number of halogens is 10. The molecule has 4 rings (SSSR count). The van der Waals surface area contributed by atoms with Crippen molar-refractivity contribution in [1.29, 1.82) is 0 Å². The lowest BCUT2D eigenvalue weighted by Crippen LogP contribution is -2.63. The molecular formula is C29H25BF10O7S. The van der Waals surface area contributed by atoms with Crippen LogP contribution in [-0.2, 0) is 27.3 Å². The molecule has 0 aromatic heterocycles. The van der Waals surface area contributed by atoms with Gasteiger partial charge in [0.25, 0.3) is 0 Å². The normalized spacial score (nSPS) is 14.1. The van der Waals surface area contributed by atoms with E-state index in [4.69, 9.17) is 19.5 Å². The molecule has 3 aromatic carbocycles. The molecule has 0 amide bonds. The van der Waals surface area contributed by atoms with Crippen molar-refractivity contribution in [3.05, 3.63) is 95.0 Å². The van der Waals surface area contributed by atoms with Crippen LogP contribution in [-0.4, -0.2) is 56.0 Å². The molecule has 0 bridgehead atoms. The third-order valence-corrected chi connectivity index (χ3v) is 8.00. The standard InChI is InChI=1S/C16H13F9O4S.C13H12BFO3/c1-28-11-6-5-10-8-12(4-2-3-9(10)7-11)29-30(26,27)16(24,25)14(19,20)13(17,18)15(21,22)23;15-13-8-11(6-7-12(13)14(16)17)18-9-10-4-2-1-3-5-10/h5-8H,2-4H2,1H3;1-8,16-17H,9H2. The summed E-state index contributed by atoms with van der Waals surface area (Å²) in [5.74, 6) is -15.5. The van der Waals surface area contributed by atoms with Crippen LogP contribution in [0.25, 0.3) is 6.08 Å². The summed E-state index contributed by atoms with van der Waals surface area (Å²) in [5.41, 5.74) is 1.59. The van der Waals surface area contributed by atoms with Crippen molar-refractivity contribution in [1.82, 2.24) is 0 Å². The Kier molecular flexibility index (Phi) is 11.7. The molecule has 0 unspecified atom stereocenters. The summed E-state index contributed by atoms with van der Waals surface area (Å²) < 4.78 is 168. The molecule has 0 heterocycles. The predicted molar refractivity (Wildman–Crippen MR) is 152 cm³/mol. The van der Waals surface area contributed by atoms with E-state index in [-0.39, 0.29) is 23.9 Å². The molecule has 0 atom stereocenters. The largest absolute Gasteiger partial charge is 0.497 e. The molecule has 0 fully saturated rings. The zero-order valence-corrected chi connectivity index (χ0v) is 25.3. The molecule has 1 aliphatic carbocycles. The summed E-state index contributed by atoms with van der Waals surface area (Å²) in [4.78, 5) is 0. The Morgan fingerprint density at radius 2 is 1.44 bits per heavy atom. The molecule has 19 heteroatoms. The highest BCUT2D eigenvalue weighted by Gasteiger charge is 2.86. The van der Waals surface area contributed by atoms with Crippen LogP contribution in [0.5, 0.6) is 11.5 Å². The first-order valence-corrected chi connectivity index (χ1v) is 14.9. The molecule has 0 radical (unpaired) electrons. The van der Waals surface area contributed by atoms with Crippen LogP contribution in [0, 0.1) is 5.82 Å². The van der Waals surface area contributed by atoms with E-state index >= 15 is 0 Å². The van der Waals surface area contributed by atoms with E-state index in [2.05, 4.69) is 4.18 Å². The lowest BCUT2D eigenvalue weighted by Gasteiger charge is -2.32. The van der Waals surface area contributed by atoms with Gasteiger partial charge in [-0.1, -0.05) is 42.5 Å². The molecule has 3 aromatic rings. The van der Waals surface area contributed by atoms with E-state index in [0.29, 0.717) is 23.7 Å². The van der Waals surface area contributed by atoms with E-state index in [1.165, 1.54) is 37.4 Å². The van der Waals surface area contributed by atoms with Gasteiger partial charge in [-0.3, -0.25) is 0 Å². The maximum atomic E-state index is 13.8. The second-order valence-electron chi connectivity index (χ2n) is 10.1. The molecule has 262 valence electrons. The van der Waals surface area contributed by atoms with Crippen molar-refractivity contribution >= 4 is 28.8 Å². The van der Waals surface area contributed by atoms with Crippen LogP contribution >= 0.6 is 0 Å². The predicted octanol–water partition coefficient (Wildman–Crippen LogP) is 6.23. The Morgan fingerprint density at radius 3 is 2.00 bits per heavy atom. The van der Waals surface area contributed by atoms with Gasteiger partial charge in [0.05, 0.1) is 7.11 Å². The maximum absolute atomic E-state index is 13.8. The summed E-state index contributed by atoms with van der Waals surface area (Å²) in [6.07, 6.45) is -6.32. The zero-order chi connectivity index (χ0) is 36.1. The Labute approximate surface area is 267 Å². The van der Waals surface area contributed by atoms with Crippen LogP contribution in [0.3, 0.4) is 0 Å². The van der Waals surface area contributed by atoms with Crippen molar-refractivity contribution in [3.8, 4) is 11.5 Å². The molecule has 1 aliphatic rings. The molecule has 48 heavy (non-hydrogen) atoms. The SMILES string of the molecule is COc1ccc2c(c1)CCCC(OS(=O)(=O)C(F)(F)C(F)(F)C(F)(F)C(F)(F)F)=C2.OB(O)c1ccc(OCc2ccccc2)cc1F. The van der Waals surface area contributed by atoms with Crippen LogP contribution in [0.2, 0.25) is 0 Å². The summed E-state index contributed by atoms with van der Waals surface area (Å²) in [5, 5.41) is 10.9. The molecule has 0 saturated heterocycles. The average Bonchev–Trinajstić information content (AvgIpc) is 3.20. The lowest BCUT2D eigenvalue weighted by atomic mass is 9.80. The topological polar surface area (TPSA) is 102 Å². The van der Waals surface area contributed by atoms with Gasteiger partial charge in [0.1, 0.15) is 29.7 Å². The summed E-state index contributed by atoms with van der Waals surface area (Å²) >= 11 is 0. The number of aryl methyl sites for hydroxylation is 1. The highest BCUT2D eigenvalue weighted by molar-refractivity contribution is 7.88. The molecule has 0 aliphatic heterocycles. The van der Waals surface area contributed by atoms with Gasteiger partial charge in [-0.25, -0.2) is 4.39 Å². The third-order valence-electron chi connectivity index (χ3n) is 6.68. The first-order chi connectivity index (χ1) is 22.1. The number of methoxy groups -OCH3 is 1. The summed E-state index contributed by atoms with van der Waals surface area (Å²) in [6, 6.07) is 17.7. The van der Waals surface area contributed by atoms with Crippen LogP contribution in [0.1, 0.15) is 29.5 Å².